The van der Waals surface area contributed by atoms with Gasteiger partial charge in [0.05, 0.1) is 5.69 Å². The minimum absolute atomic E-state index is 0.200. The molecule has 0 unspecified atom stereocenters. The van der Waals surface area contributed by atoms with Crippen LogP contribution in [0.15, 0.2) is 31.5 Å². The van der Waals surface area contributed by atoms with Gasteiger partial charge in [0.15, 0.2) is 5.69 Å². The SMILES string of the molecule is C=CCN(CC=C)C(=O)c1nn(CC)cc1N. The van der Waals surface area contributed by atoms with E-state index in [4.69, 9.17) is 5.73 Å². The van der Waals surface area contributed by atoms with Crippen LogP contribution in [-0.2, 0) is 6.54 Å². The van der Waals surface area contributed by atoms with Crippen LogP contribution in [0.2, 0.25) is 0 Å². The number of nitrogen functional groups attached to an aromatic ring is 1. The van der Waals surface area contributed by atoms with E-state index in [2.05, 4.69) is 18.3 Å². The van der Waals surface area contributed by atoms with E-state index in [1.807, 2.05) is 6.92 Å². The van der Waals surface area contributed by atoms with Gasteiger partial charge in [-0.2, -0.15) is 5.10 Å². The number of hydrogen-bond donors (Lipinski definition) is 1. The van der Waals surface area contributed by atoms with Crippen LogP contribution in [0.5, 0.6) is 0 Å². The Balaban J connectivity index is 2.95. The topological polar surface area (TPSA) is 64.2 Å². The highest BCUT2D eigenvalue weighted by atomic mass is 16.2. The smallest absolute Gasteiger partial charge is 0.277 e. The van der Waals surface area contributed by atoms with E-state index in [1.54, 1.807) is 27.9 Å². The van der Waals surface area contributed by atoms with Gasteiger partial charge in [-0.15, -0.1) is 13.2 Å². The van der Waals surface area contributed by atoms with Crippen LogP contribution in [0.4, 0.5) is 5.69 Å². The molecule has 0 spiro atoms. The molecule has 0 aliphatic heterocycles. The zero-order valence-electron chi connectivity index (χ0n) is 10.1. The van der Waals surface area contributed by atoms with Gasteiger partial charge in [-0.25, -0.2) is 0 Å². The lowest BCUT2D eigenvalue weighted by atomic mass is 10.3. The van der Waals surface area contributed by atoms with Gasteiger partial charge in [0, 0.05) is 25.8 Å². The second-order valence-corrected chi connectivity index (χ2v) is 3.58. The summed E-state index contributed by atoms with van der Waals surface area (Å²) in [5, 5.41) is 4.15. The highest BCUT2D eigenvalue weighted by molar-refractivity contribution is 5.97. The lowest BCUT2D eigenvalue weighted by Crippen LogP contribution is -2.32. The Morgan fingerprint density at radius 2 is 2.12 bits per heavy atom. The second kappa shape index (κ2) is 5.89. The predicted octanol–water partition coefficient (Wildman–Crippen LogP) is 1.30. The van der Waals surface area contributed by atoms with Crippen LogP contribution in [0, 0.1) is 0 Å². The Labute approximate surface area is 101 Å². The second-order valence-electron chi connectivity index (χ2n) is 3.58. The summed E-state index contributed by atoms with van der Waals surface area (Å²) in [6.07, 6.45) is 4.98. The summed E-state index contributed by atoms with van der Waals surface area (Å²) in [5.41, 5.74) is 6.45. The summed E-state index contributed by atoms with van der Waals surface area (Å²) in [4.78, 5) is 13.7. The van der Waals surface area contributed by atoms with Crippen LogP contribution in [0.1, 0.15) is 17.4 Å². The number of anilines is 1. The molecule has 5 heteroatoms. The van der Waals surface area contributed by atoms with Crippen molar-refractivity contribution in [3.05, 3.63) is 37.2 Å². The molecule has 0 aliphatic carbocycles. The number of rotatable bonds is 6. The van der Waals surface area contributed by atoms with Crippen LogP contribution >= 0.6 is 0 Å². The minimum atomic E-state index is -0.200. The third kappa shape index (κ3) is 2.96. The Bertz CT molecular complexity index is 412. The van der Waals surface area contributed by atoms with E-state index < -0.39 is 0 Å². The van der Waals surface area contributed by atoms with Gasteiger partial charge in [-0.3, -0.25) is 9.48 Å². The molecule has 0 saturated heterocycles. The number of carbonyl (C=O) groups is 1. The first-order valence-corrected chi connectivity index (χ1v) is 5.48. The van der Waals surface area contributed by atoms with E-state index in [9.17, 15) is 4.79 Å². The van der Waals surface area contributed by atoms with Gasteiger partial charge in [-0.1, -0.05) is 12.2 Å². The number of aromatic nitrogens is 2. The molecule has 1 amide bonds. The monoisotopic (exact) mass is 234 g/mol. The summed E-state index contributed by atoms with van der Waals surface area (Å²) in [6, 6.07) is 0. The van der Waals surface area contributed by atoms with Crippen molar-refractivity contribution < 1.29 is 4.79 Å². The normalized spacial score (nSPS) is 9.94. The summed E-state index contributed by atoms with van der Waals surface area (Å²) >= 11 is 0. The molecule has 1 aromatic rings. The first-order valence-electron chi connectivity index (χ1n) is 5.48. The number of aryl methyl sites for hydroxylation is 1. The Morgan fingerprint density at radius 3 is 2.53 bits per heavy atom. The molecule has 0 atom stereocenters. The summed E-state index contributed by atoms with van der Waals surface area (Å²) in [5.74, 6) is -0.200. The molecule has 5 nitrogen and oxygen atoms in total. The van der Waals surface area contributed by atoms with E-state index in [1.165, 1.54) is 0 Å². The van der Waals surface area contributed by atoms with E-state index >= 15 is 0 Å². The van der Waals surface area contributed by atoms with Crippen molar-refractivity contribution in [3.8, 4) is 0 Å². The fraction of sp³-hybridized carbons (Fsp3) is 0.333. The highest BCUT2D eigenvalue weighted by Crippen LogP contribution is 2.12. The van der Waals surface area contributed by atoms with Crippen LogP contribution in [-0.4, -0.2) is 33.7 Å². The maximum atomic E-state index is 12.1. The fourth-order valence-corrected chi connectivity index (χ4v) is 1.47. The van der Waals surface area contributed by atoms with Crippen molar-refractivity contribution in [1.82, 2.24) is 14.7 Å². The number of hydrogen-bond acceptors (Lipinski definition) is 3. The molecular weight excluding hydrogens is 216 g/mol. The Kier molecular flexibility index (Phi) is 4.51. The summed E-state index contributed by atoms with van der Waals surface area (Å²) in [6.45, 7) is 10.7. The first kappa shape index (κ1) is 13.0. The van der Waals surface area contributed by atoms with Crippen LogP contribution in [0.25, 0.3) is 0 Å². The quantitative estimate of drug-likeness (QED) is 0.754. The van der Waals surface area contributed by atoms with Crippen molar-refractivity contribution in [3.63, 3.8) is 0 Å². The molecule has 1 aromatic heterocycles. The average molecular weight is 234 g/mol. The molecule has 1 heterocycles. The zero-order chi connectivity index (χ0) is 12.8. The number of nitrogens with zero attached hydrogens (tertiary/aromatic N) is 3. The molecule has 2 N–H and O–H groups in total. The van der Waals surface area contributed by atoms with Gasteiger partial charge in [-0.05, 0) is 6.92 Å². The molecule has 0 radical (unpaired) electrons. The Morgan fingerprint density at radius 1 is 1.53 bits per heavy atom. The first-order chi connectivity index (χ1) is 8.13. The van der Waals surface area contributed by atoms with Gasteiger partial charge >= 0.3 is 0 Å². The van der Waals surface area contributed by atoms with E-state index in [0.717, 1.165) is 0 Å². The van der Waals surface area contributed by atoms with Crippen molar-refractivity contribution in [2.75, 3.05) is 18.8 Å². The number of carbonyl (C=O) groups excluding carboxylic acids is 1. The molecule has 1 rings (SSSR count). The highest BCUT2D eigenvalue weighted by Gasteiger charge is 2.19. The van der Waals surface area contributed by atoms with Crippen LogP contribution in [0.3, 0.4) is 0 Å². The fourth-order valence-electron chi connectivity index (χ4n) is 1.47. The maximum absolute atomic E-state index is 12.1. The van der Waals surface area contributed by atoms with Crippen molar-refractivity contribution in [2.45, 2.75) is 13.5 Å². The molecule has 0 bridgehead atoms. The third-order valence-corrected chi connectivity index (χ3v) is 2.30. The average Bonchev–Trinajstić information content (AvgIpc) is 2.69. The number of nitrogens with two attached hydrogens (primary N) is 1. The van der Waals surface area contributed by atoms with Crippen molar-refractivity contribution >= 4 is 11.6 Å². The standard InChI is InChI=1S/C12H18N4O/c1-4-7-15(8-5-2)12(17)11-10(13)9-16(6-3)14-11/h4-5,9H,1-2,6-8,13H2,3H3. The van der Waals surface area contributed by atoms with Crippen molar-refractivity contribution in [2.24, 2.45) is 0 Å². The summed E-state index contributed by atoms with van der Waals surface area (Å²) < 4.78 is 1.64. The third-order valence-electron chi connectivity index (χ3n) is 2.30. The van der Waals surface area contributed by atoms with Crippen molar-refractivity contribution in [1.29, 1.82) is 0 Å². The van der Waals surface area contributed by atoms with Gasteiger partial charge in [0.25, 0.3) is 5.91 Å². The molecule has 0 saturated carbocycles. The van der Waals surface area contributed by atoms with Crippen LogP contribution < -0.4 is 5.73 Å². The summed E-state index contributed by atoms with van der Waals surface area (Å²) in [7, 11) is 0. The largest absolute Gasteiger partial charge is 0.396 e. The lowest BCUT2D eigenvalue weighted by molar-refractivity contribution is 0.0785. The van der Waals surface area contributed by atoms with E-state index in [0.29, 0.717) is 25.3 Å². The molecule has 0 fully saturated rings. The van der Waals surface area contributed by atoms with E-state index in [-0.39, 0.29) is 11.6 Å². The molecular formula is C12H18N4O. The molecule has 0 aromatic carbocycles. The predicted molar refractivity (Wildman–Crippen MR) is 68.6 cm³/mol. The lowest BCUT2D eigenvalue weighted by Gasteiger charge is -2.18. The van der Waals surface area contributed by atoms with Gasteiger partial charge < -0.3 is 10.6 Å². The maximum Gasteiger partial charge on any atom is 0.277 e. The number of amides is 1. The molecule has 92 valence electrons. The van der Waals surface area contributed by atoms with Gasteiger partial charge in [0.1, 0.15) is 0 Å². The zero-order valence-corrected chi connectivity index (χ0v) is 10.1. The Hall–Kier alpha value is -2.04. The minimum Gasteiger partial charge on any atom is -0.396 e. The molecule has 0 aliphatic rings. The van der Waals surface area contributed by atoms with Gasteiger partial charge in [0.2, 0.25) is 0 Å². The molecule has 17 heavy (non-hydrogen) atoms.